The Bertz CT molecular complexity index is 634. The van der Waals surface area contributed by atoms with Gasteiger partial charge in [-0.15, -0.1) is 11.3 Å². The minimum atomic E-state index is -4.41. The summed E-state index contributed by atoms with van der Waals surface area (Å²) >= 11 is 1.57. The molecular formula is C14H14F3N3OS. The number of hydrogen-bond donors (Lipinski definition) is 1. The fraction of sp³-hybridized carbons (Fsp3) is 0.429. The standard InChI is InChI=1S/C14H14F3N3OS/c15-14(16,17)9-7-18-4-1-10(9)19-5-2-13-20-11-3-6-21-8-12(11)22-13/h1,4,7H,2-3,5-6,8H2,(H,18,19). The van der Waals surface area contributed by atoms with Gasteiger partial charge < -0.3 is 10.1 Å². The molecule has 22 heavy (non-hydrogen) atoms. The largest absolute Gasteiger partial charge is 0.419 e. The molecule has 0 unspecified atom stereocenters. The molecule has 0 saturated carbocycles. The summed E-state index contributed by atoms with van der Waals surface area (Å²) in [4.78, 5) is 9.18. The summed E-state index contributed by atoms with van der Waals surface area (Å²) in [5, 5.41) is 3.75. The van der Waals surface area contributed by atoms with Gasteiger partial charge in [-0.25, -0.2) is 4.98 Å². The summed E-state index contributed by atoms with van der Waals surface area (Å²) in [6.07, 6.45) is -0.841. The Morgan fingerprint density at radius 2 is 2.23 bits per heavy atom. The molecule has 1 N–H and O–H groups in total. The molecule has 0 aliphatic carbocycles. The van der Waals surface area contributed by atoms with Gasteiger partial charge in [-0.1, -0.05) is 0 Å². The Morgan fingerprint density at radius 1 is 1.36 bits per heavy atom. The number of ether oxygens (including phenoxy) is 1. The predicted octanol–water partition coefficient (Wildman–Crippen LogP) is 3.28. The van der Waals surface area contributed by atoms with Gasteiger partial charge in [0.15, 0.2) is 0 Å². The number of rotatable bonds is 4. The highest BCUT2D eigenvalue weighted by molar-refractivity contribution is 7.11. The van der Waals surface area contributed by atoms with Crippen molar-refractivity contribution in [3.63, 3.8) is 0 Å². The Morgan fingerprint density at radius 3 is 3.00 bits per heavy atom. The smallest absolute Gasteiger partial charge is 0.384 e. The molecule has 0 atom stereocenters. The van der Waals surface area contributed by atoms with E-state index in [1.165, 1.54) is 12.3 Å². The molecule has 0 saturated heterocycles. The van der Waals surface area contributed by atoms with Crippen LogP contribution in [0.4, 0.5) is 18.9 Å². The Hall–Kier alpha value is -1.67. The fourth-order valence-electron chi connectivity index (χ4n) is 2.26. The maximum absolute atomic E-state index is 12.8. The molecule has 118 valence electrons. The maximum atomic E-state index is 12.8. The molecule has 0 bridgehead atoms. The summed E-state index contributed by atoms with van der Waals surface area (Å²) in [6.45, 7) is 1.66. The first-order valence-corrected chi connectivity index (χ1v) is 7.66. The molecule has 2 aromatic rings. The van der Waals surface area contributed by atoms with Crippen LogP contribution in [0.3, 0.4) is 0 Å². The van der Waals surface area contributed by atoms with Crippen LogP contribution in [0.1, 0.15) is 21.1 Å². The van der Waals surface area contributed by atoms with Crippen molar-refractivity contribution in [1.82, 2.24) is 9.97 Å². The molecule has 4 nitrogen and oxygen atoms in total. The highest BCUT2D eigenvalue weighted by Crippen LogP contribution is 2.34. The van der Waals surface area contributed by atoms with E-state index in [1.54, 1.807) is 11.3 Å². The zero-order valence-corrected chi connectivity index (χ0v) is 12.4. The van der Waals surface area contributed by atoms with Crippen molar-refractivity contribution in [3.8, 4) is 0 Å². The predicted molar refractivity (Wildman–Crippen MR) is 76.9 cm³/mol. The molecule has 1 aliphatic rings. The lowest BCUT2D eigenvalue weighted by atomic mass is 10.2. The Balaban J connectivity index is 1.63. The number of fused-ring (bicyclic) bond motifs is 1. The minimum Gasteiger partial charge on any atom is -0.384 e. The lowest BCUT2D eigenvalue weighted by molar-refractivity contribution is -0.137. The molecule has 0 fully saturated rings. The van der Waals surface area contributed by atoms with Crippen LogP contribution >= 0.6 is 11.3 Å². The number of nitrogens with one attached hydrogen (secondary N) is 1. The van der Waals surface area contributed by atoms with Crippen molar-refractivity contribution in [2.24, 2.45) is 0 Å². The van der Waals surface area contributed by atoms with E-state index in [9.17, 15) is 13.2 Å². The number of halogens is 3. The summed E-state index contributed by atoms with van der Waals surface area (Å²) < 4.78 is 43.9. The third-order valence-corrected chi connectivity index (χ3v) is 4.45. The first kappa shape index (κ1) is 15.2. The van der Waals surface area contributed by atoms with Gasteiger partial charge in [0.05, 0.1) is 34.4 Å². The topological polar surface area (TPSA) is 47.0 Å². The number of alkyl halides is 3. The molecule has 0 radical (unpaired) electrons. The van der Waals surface area contributed by atoms with E-state index < -0.39 is 11.7 Å². The van der Waals surface area contributed by atoms with Crippen molar-refractivity contribution in [2.75, 3.05) is 18.5 Å². The Labute approximate surface area is 129 Å². The van der Waals surface area contributed by atoms with Crippen LogP contribution in [0.5, 0.6) is 0 Å². The molecular weight excluding hydrogens is 315 g/mol. The molecule has 1 aliphatic heterocycles. The lowest BCUT2D eigenvalue weighted by Crippen LogP contribution is -2.13. The first-order chi connectivity index (χ1) is 10.5. The van der Waals surface area contributed by atoms with Crippen molar-refractivity contribution in [3.05, 3.63) is 39.6 Å². The van der Waals surface area contributed by atoms with E-state index >= 15 is 0 Å². The third-order valence-electron chi connectivity index (χ3n) is 3.32. The lowest BCUT2D eigenvalue weighted by Gasteiger charge is -2.13. The SMILES string of the molecule is FC(F)(F)c1cnccc1NCCc1nc2c(s1)COCC2. The number of pyridine rings is 1. The molecule has 0 aromatic carbocycles. The van der Waals surface area contributed by atoms with E-state index in [-0.39, 0.29) is 5.69 Å². The number of thiazole rings is 1. The van der Waals surface area contributed by atoms with Crippen LogP contribution in [-0.4, -0.2) is 23.1 Å². The van der Waals surface area contributed by atoms with Gasteiger partial charge >= 0.3 is 6.18 Å². The molecule has 2 aromatic heterocycles. The normalized spacial score (nSPS) is 14.7. The van der Waals surface area contributed by atoms with Crippen molar-refractivity contribution >= 4 is 17.0 Å². The third kappa shape index (κ3) is 3.38. The summed E-state index contributed by atoms with van der Waals surface area (Å²) in [7, 11) is 0. The van der Waals surface area contributed by atoms with Gasteiger partial charge in [0, 0.05) is 37.5 Å². The molecule has 8 heteroatoms. The number of aromatic nitrogens is 2. The van der Waals surface area contributed by atoms with Gasteiger partial charge in [-0.05, 0) is 6.07 Å². The molecule has 3 rings (SSSR count). The number of nitrogens with zero attached hydrogens (tertiary/aromatic N) is 2. The van der Waals surface area contributed by atoms with Crippen LogP contribution in [0, 0.1) is 0 Å². The Kier molecular flexibility index (Phi) is 4.30. The summed E-state index contributed by atoms with van der Waals surface area (Å²) in [5.41, 5.74) is 0.361. The summed E-state index contributed by atoms with van der Waals surface area (Å²) in [6, 6.07) is 1.34. The zero-order chi connectivity index (χ0) is 15.6. The van der Waals surface area contributed by atoms with Gasteiger partial charge in [0.1, 0.15) is 0 Å². The van der Waals surface area contributed by atoms with Crippen LogP contribution in [-0.2, 0) is 30.4 Å². The zero-order valence-electron chi connectivity index (χ0n) is 11.6. The van der Waals surface area contributed by atoms with Gasteiger partial charge in [-0.3, -0.25) is 4.98 Å². The maximum Gasteiger partial charge on any atom is 0.419 e. The van der Waals surface area contributed by atoms with Crippen molar-refractivity contribution in [1.29, 1.82) is 0 Å². The molecule has 0 amide bonds. The molecule has 3 heterocycles. The number of anilines is 1. The van der Waals surface area contributed by atoms with Gasteiger partial charge in [0.25, 0.3) is 0 Å². The van der Waals surface area contributed by atoms with Crippen LogP contribution < -0.4 is 5.32 Å². The average Bonchev–Trinajstić information content (AvgIpc) is 2.89. The minimum absolute atomic E-state index is 0.0483. The second-order valence-electron chi connectivity index (χ2n) is 4.88. The average molecular weight is 329 g/mol. The second-order valence-corrected chi connectivity index (χ2v) is 6.04. The van der Waals surface area contributed by atoms with E-state index in [1.807, 2.05) is 0 Å². The van der Waals surface area contributed by atoms with Crippen LogP contribution in [0.15, 0.2) is 18.5 Å². The quantitative estimate of drug-likeness (QED) is 0.935. The van der Waals surface area contributed by atoms with Crippen molar-refractivity contribution < 1.29 is 17.9 Å². The van der Waals surface area contributed by atoms with E-state index in [2.05, 4.69) is 15.3 Å². The van der Waals surface area contributed by atoms with Crippen LogP contribution in [0.25, 0.3) is 0 Å². The van der Waals surface area contributed by atoms with Gasteiger partial charge in [-0.2, -0.15) is 13.2 Å². The number of hydrogen-bond acceptors (Lipinski definition) is 5. The molecule has 0 spiro atoms. The highest BCUT2D eigenvalue weighted by Gasteiger charge is 2.33. The van der Waals surface area contributed by atoms with Crippen LogP contribution in [0.2, 0.25) is 0 Å². The monoisotopic (exact) mass is 329 g/mol. The van der Waals surface area contributed by atoms with E-state index in [4.69, 9.17) is 4.74 Å². The first-order valence-electron chi connectivity index (χ1n) is 6.84. The summed E-state index contributed by atoms with van der Waals surface area (Å²) in [5.74, 6) is 0. The highest BCUT2D eigenvalue weighted by atomic mass is 32.1. The fourth-order valence-corrected chi connectivity index (χ4v) is 3.32. The van der Waals surface area contributed by atoms with Crippen molar-refractivity contribution in [2.45, 2.75) is 25.6 Å². The second kappa shape index (κ2) is 6.21. The van der Waals surface area contributed by atoms with E-state index in [0.717, 1.165) is 28.2 Å². The van der Waals surface area contributed by atoms with Gasteiger partial charge in [0.2, 0.25) is 0 Å². The van der Waals surface area contributed by atoms with E-state index in [0.29, 0.717) is 26.2 Å².